The molecule has 5 nitrogen and oxygen atoms in total. The number of aromatic nitrogens is 2. The minimum Gasteiger partial charge on any atom is -0.487 e. The summed E-state index contributed by atoms with van der Waals surface area (Å²) in [5.41, 5.74) is 3.13. The van der Waals surface area contributed by atoms with Crippen LogP contribution in [-0.2, 0) is 19.4 Å². The molecule has 2 aromatic carbocycles. The summed E-state index contributed by atoms with van der Waals surface area (Å²) >= 11 is 6.21. The molecule has 0 amide bonds. The first-order valence-electron chi connectivity index (χ1n) is 10.3. The van der Waals surface area contributed by atoms with Gasteiger partial charge in [-0.05, 0) is 99.7 Å². The van der Waals surface area contributed by atoms with E-state index in [1.165, 1.54) is 27.9 Å². The fraction of sp³-hybridized carbons (Fsp3) is 0.208. The summed E-state index contributed by atoms with van der Waals surface area (Å²) < 4.78 is 9.41. The molecule has 0 unspecified atom stereocenters. The molecule has 0 bridgehead atoms. The second-order valence-corrected chi connectivity index (χ2v) is 11.0. The molecule has 4 aromatic rings. The Labute approximate surface area is 216 Å². The highest BCUT2D eigenvalue weighted by Gasteiger charge is 2.19. The van der Waals surface area contributed by atoms with Crippen LogP contribution in [0.1, 0.15) is 34.4 Å². The standard InChI is InChI=1S/C24H19I2N3O2S/c25-18-10-16(11-19(26)22(18)31-13-15-6-2-1-3-7-15)12-28-29-14-27-23-21(24(29)30)17-8-4-5-9-20(17)32-23/h1-3,6-7,10-12,14H,4-5,8-9,13H2/b28-12-. The smallest absolute Gasteiger partial charge is 0.282 e. The summed E-state index contributed by atoms with van der Waals surface area (Å²) in [6, 6.07) is 14.1. The van der Waals surface area contributed by atoms with Gasteiger partial charge in [0.05, 0.1) is 18.7 Å². The van der Waals surface area contributed by atoms with Crippen molar-refractivity contribution in [3.05, 3.63) is 87.9 Å². The second-order valence-electron chi connectivity index (χ2n) is 7.62. The van der Waals surface area contributed by atoms with E-state index in [2.05, 4.69) is 55.3 Å². The molecule has 0 saturated heterocycles. The molecule has 0 fully saturated rings. The fourth-order valence-corrected chi connectivity index (χ4v) is 7.22. The van der Waals surface area contributed by atoms with Crippen molar-refractivity contribution in [2.45, 2.75) is 32.3 Å². The number of rotatable bonds is 5. The number of benzene rings is 2. The van der Waals surface area contributed by atoms with Crippen LogP contribution in [0.5, 0.6) is 5.75 Å². The van der Waals surface area contributed by atoms with Crippen LogP contribution < -0.4 is 10.3 Å². The molecule has 32 heavy (non-hydrogen) atoms. The lowest BCUT2D eigenvalue weighted by Crippen LogP contribution is -2.18. The highest BCUT2D eigenvalue weighted by molar-refractivity contribution is 14.1. The zero-order chi connectivity index (χ0) is 22.1. The van der Waals surface area contributed by atoms with E-state index in [-0.39, 0.29) is 5.56 Å². The van der Waals surface area contributed by atoms with E-state index < -0.39 is 0 Å². The van der Waals surface area contributed by atoms with Crippen molar-refractivity contribution in [1.82, 2.24) is 9.66 Å². The largest absolute Gasteiger partial charge is 0.487 e. The second kappa shape index (κ2) is 9.60. The number of halogens is 2. The summed E-state index contributed by atoms with van der Waals surface area (Å²) in [6.07, 6.45) is 7.56. The van der Waals surface area contributed by atoms with Gasteiger partial charge < -0.3 is 4.74 Å². The minimum absolute atomic E-state index is 0.0853. The van der Waals surface area contributed by atoms with Crippen LogP contribution in [0.25, 0.3) is 10.2 Å². The Morgan fingerprint density at radius 3 is 2.66 bits per heavy atom. The van der Waals surface area contributed by atoms with E-state index in [0.29, 0.717) is 6.61 Å². The molecule has 1 aliphatic rings. The third kappa shape index (κ3) is 4.49. The number of aryl methyl sites for hydroxylation is 2. The number of hydrogen-bond acceptors (Lipinski definition) is 5. The highest BCUT2D eigenvalue weighted by Crippen LogP contribution is 2.33. The summed E-state index contributed by atoms with van der Waals surface area (Å²) in [6.45, 7) is 0.520. The summed E-state index contributed by atoms with van der Waals surface area (Å²) in [7, 11) is 0. The molecule has 0 atom stereocenters. The molecule has 2 aromatic heterocycles. The zero-order valence-electron chi connectivity index (χ0n) is 17.1. The first-order chi connectivity index (χ1) is 15.6. The van der Waals surface area contributed by atoms with E-state index in [1.807, 2.05) is 42.5 Å². The van der Waals surface area contributed by atoms with Gasteiger partial charge in [-0.15, -0.1) is 11.3 Å². The SMILES string of the molecule is O=c1c2c3c(sc2ncn1/N=C\c1cc(I)c(OCc2ccccc2)c(I)c1)CCCC3. The van der Waals surface area contributed by atoms with Crippen LogP contribution in [0.15, 0.2) is 58.7 Å². The Kier molecular flexibility index (Phi) is 6.61. The zero-order valence-corrected chi connectivity index (χ0v) is 22.2. The molecular weight excluding hydrogens is 648 g/mol. The maximum absolute atomic E-state index is 13.1. The van der Waals surface area contributed by atoms with Crippen LogP contribution in [0.3, 0.4) is 0 Å². The molecule has 1 aliphatic carbocycles. The average Bonchev–Trinajstić information content (AvgIpc) is 3.18. The van der Waals surface area contributed by atoms with Gasteiger partial charge in [-0.25, -0.2) is 4.98 Å². The van der Waals surface area contributed by atoms with Crippen LogP contribution in [0.4, 0.5) is 0 Å². The van der Waals surface area contributed by atoms with Crippen molar-refractivity contribution in [1.29, 1.82) is 0 Å². The normalized spacial score (nSPS) is 13.6. The van der Waals surface area contributed by atoms with Crippen molar-refractivity contribution in [2.24, 2.45) is 5.10 Å². The van der Waals surface area contributed by atoms with Gasteiger partial charge >= 0.3 is 0 Å². The Morgan fingerprint density at radius 2 is 1.88 bits per heavy atom. The Morgan fingerprint density at radius 1 is 1.12 bits per heavy atom. The molecule has 0 radical (unpaired) electrons. The van der Waals surface area contributed by atoms with E-state index in [4.69, 9.17) is 4.74 Å². The lowest BCUT2D eigenvalue weighted by Gasteiger charge is -2.11. The monoisotopic (exact) mass is 667 g/mol. The van der Waals surface area contributed by atoms with Gasteiger partial charge in [-0.3, -0.25) is 4.79 Å². The van der Waals surface area contributed by atoms with Crippen LogP contribution in [0.2, 0.25) is 0 Å². The van der Waals surface area contributed by atoms with Crippen molar-refractivity contribution in [3.8, 4) is 5.75 Å². The topological polar surface area (TPSA) is 56.5 Å². The fourth-order valence-electron chi connectivity index (χ4n) is 3.87. The minimum atomic E-state index is -0.0853. The molecule has 0 aliphatic heterocycles. The van der Waals surface area contributed by atoms with Gasteiger partial charge in [-0.2, -0.15) is 9.78 Å². The third-order valence-corrected chi connectivity index (χ3v) is 8.24. The lowest BCUT2D eigenvalue weighted by molar-refractivity contribution is 0.302. The highest BCUT2D eigenvalue weighted by atomic mass is 127. The molecule has 0 spiro atoms. The molecule has 8 heteroatoms. The van der Waals surface area contributed by atoms with E-state index in [1.54, 1.807) is 17.6 Å². The van der Waals surface area contributed by atoms with Crippen molar-refractivity contribution in [3.63, 3.8) is 0 Å². The molecule has 5 rings (SSSR count). The summed E-state index contributed by atoms with van der Waals surface area (Å²) in [5, 5.41) is 5.18. The van der Waals surface area contributed by atoms with E-state index in [9.17, 15) is 4.79 Å². The van der Waals surface area contributed by atoms with E-state index >= 15 is 0 Å². The van der Waals surface area contributed by atoms with Crippen molar-refractivity contribution < 1.29 is 4.74 Å². The molecule has 0 saturated carbocycles. The van der Waals surface area contributed by atoms with Gasteiger partial charge in [-0.1, -0.05) is 30.3 Å². The van der Waals surface area contributed by atoms with Gasteiger partial charge in [0.1, 0.15) is 23.5 Å². The number of fused-ring (bicyclic) bond motifs is 3. The first kappa shape index (κ1) is 22.0. The molecular formula is C24H19I2N3O2S. The lowest BCUT2D eigenvalue weighted by atomic mass is 9.97. The van der Waals surface area contributed by atoms with Crippen LogP contribution in [-0.4, -0.2) is 15.9 Å². The molecule has 2 heterocycles. The summed E-state index contributed by atoms with van der Waals surface area (Å²) in [5.74, 6) is 0.859. The third-order valence-electron chi connectivity index (χ3n) is 5.44. The predicted octanol–water partition coefficient (Wildman–Crippen LogP) is 6.01. The number of nitrogens with zero attached hydrogens (tertiary/aromatic N) is 3. The predicted molar refractivity (Wildman–Crippen MR) is 146 cm³/mol. The van der Waals surface area contributed by atoms with Gasteiger partial charge in [0.15, 0.2) is 0 Å². The van der Waals surface area contributed by atoms with E-state index in [0.717, 1.165) is 53.5 Å². The number of hydrogen-bond donors (Lipinski definition) is 0. The Bertz CT molecular complexity index is 1360. The summed E-state index contributed by atoms with van der Waals surface area (Å²) in [4.78, 5) is 19.7. The van der Waals surface area contributed by atoms with Gasteiger partial charge in [0, 0.05) is 4.88 Å². The van der Waals surface area contributed by atoms with Crippen LogP contribution >= 0.6 is 56.5 Å². The first-order valence-corrected chi connectivity index (χ1v) is 13.3. The van der Waals surface area contributed by atoms with Crippen molar-refractivity contribution in [2.75, 3.05) is 0 Å². The maximum atomic E-state index is 13.1. The average molecular weight is 667 g/mol. The number of thiophene rings is 1. The van der Waals surface area contributed by atoms with Crippen molar-refractivity contribution >= 4 is 72.9 Å². The Hall–Kier alpha value is -1.79. The quantitative estimate of drug-likeness (QED) is 0.194. The maximum Gasteiger partial charge on any atom is 0.282 e. The van der Waals surface area contributed by atoms with Crippen LogP contribution in [0, 0.1) is 7.14 Å². The number of ether oxygens (including phenoxy) is 1. The van der Waals surface area contributed by atoms with Gasteiger partial charge in [0.2, 0.25) is 0 Å². The Balaban J connectivity index is 1.40. The van der Waals surface area contributed by atoms with Gasteiger partial charge in [0.25, 0.3) is 5.56 Å². The molecule has 0 N–H and O–H groups in total. The molecule has 162 valence electrons.